The molecule has 2 aliphatic heterocycles. The zero-order chi connectivity index (χ0) is 16.9. The molecule has 0 radical (unpaired) electrons. The molecule has 0 saturated heterocycles. The van der Waals surface area contributed by atoms with Gasteiger partial charge in [0, 0.05) is 26.6 Å². The Hall–Kier alpha value is -1.56. The molecule has 5 heteroatoms. The smallest absolute Gasteiger partial charge is 0.161 e. The summed E-state index contributed by atoms with van der Waals surface area (Å²) in [6.45, 7) is 1.52. The normalized spacial score (nSPS) is 31.8. The minimum Gasteiger partial charge on any atom is -0.493 e. The van der Waals surface area contributed by atoms with Crippen molar-refractivity contribution in [2.24, 2.45) is 0 Å². The summed E-state index contributed by atoms with van der Waals surface area (Å²) in [4.78, 5) is 2.40. The van der Waals surface area contributed by atoms with Crippen molar-refractivity contribution in [2.75, 3.05) is 34.4 Å². The van der Waals surface area contributed by atoms with Gasteiger partial charge >= 0.3 is 0 Å². The molecule has 0 aromatic heterocycles. The molecule has 0 unspecified atom stereocenters. The minimum absolute atomic E-state index is 0.174. The monoisotopic (exact) mass is 331 g/mol. The predicted molar refractivity (Wildman–Crippen MR) is 90.5 cm³/mol. The Balaban J connectivity index is 1.91. The molecule has 1 aliphatic carbocycles. The number of aliphatic hydroxyl groups is 1. The minimum atomic E-state index is -0.513. The molecule has 1 fully saturated rings. The first kappa shape index (κ1) is 15.9. The van der Waals surface area contributed by atoms with Gasteiger partial charge in [-0.2, -0.15) is 0 Å². The summed E-state index contributed by atoms with van der Waals surface area (Å²) in [5.41, 5.74) is 3.38. The molecule has 2 heterocycles. The zero-order valence-corrected chi connectivity index (χ0v) is 14.5. The lowest BCUT2D eigenvalue weighted by atomic mass is 9.68. The second-order valence-corrected chi connectivity index (χ2v) is 6.91. The van der Waals surface area contributed by atoms with Gasteiger partial charge in [-0.3, -0.25) is 4.90 Å². The van der Waals surface area contributed by atoms with Gasteiger partial charge in [-0.25, -0.2) is 0 Å². The number of hydrogen-bond donors (Lipinski definition) is 1. The van der Waals surface area contributed by atoms with Gasteiger partial charge in [-0.1, -0.05) is 6.08 Å². The summed E-state index contributed by atoms with van der Waals surface area (Å²) in [6, 6.07) is 4.00. The molecule has 3 atom stereocenters. The van der Waals surface area contributed by atoms with Crippen LogP contribution in [0.2, 0.25) is 0 Å². The average Bonchev–Trinajstić information content (AvgIpc) is 2.99. The van der Waals surface area contributed by atoms with Gasteiger partial charge in [0.05, 0.1) is 32.0 Å². The van der Waals surface area contributed by atoms with Crippen molar-refractivity contribution in [3.63, 3.8) is 0 Å². The molecule has 1 spiro atoms. The number of nitrogens with zero attached hydrogens (tertiary/aromatic N) is 1. The Morgan fingerprint density at radius 2 is 1.92 bits per heavy atom. The zero-order valence-electron chi connectivity index (χ0n) is 14.5. The second-order valence-electron chi connectivity index (χ2n) is 6.91. The lowest BCUT2D eigenvalue weighted by Gasteiger charge is -2.51. The van der Waals surface area contributed by atoms with Crippen LogP contribution in [-0.2, 0) is 10.3 Å². The first-order valence-corrected chi connectivity index (χ1v) is 8.56. The van der Waals surface area contributed by atoms with E-state index in [2.05, 4.69) is 17.0 Å². The van der Waals surface area contributed by atoms with Crippen LogP contribution in [0.15, 0.2) is 23.8 Å². The van der Waals surface area contributed by atoms with E-state index in [4.69, 9.17) is 14.2 Å². The molecular weight excluding hydrogens is 306 g/mol. The van der Waals surface area contributed by atoms with E-state index in [1.807, 2.05) is 6.07 Å². The Bertz CT molecular complexity index is 686. The van der Waals surface area contributed by atoms with Crippen LogP contribution in [0.1, 0.15) is 36.5 Å². The highest BCUT2D eigenvalue weighted by molar-refractivity contribution is 5.56. The maximum atomic E-state index is 10.7. The molecule has 5 nitrogen and oxygen atoms in total. The maximum Gasteiger partial charge on any atom is 0.161 e. The number of fused-ring (bicyclic) bond motifs is 1. The topological polar surface area (TPSA) is 51.2 Å². The molecular formula is C19H25NO4. The Morgan fingerprint density at radius 3 is 2.62 bits per heavy atom. The van der Waals surface area contributed by atoms with Crippen LogP contribution in [0.25, 0.3) is 0 Å². The lowest BCUT2D eigenvalue weighted by molar-refractivity contribution is -0.0163. The number of methoxy groups -OCH3 is 3. The fourth-order valence-corrected chi connectivity index (χ4v) is 4.79. The van der Waals surface area contributed by atoms with E-state index in [0.717, 1.165) is 36.9 Å². The fourth-order valence-electron chi connectivity index (χ4n) is 4.79. The van der Waals surface area contributed by atoms with E-state index in [9.17, 15) is 5.11 Å². The van der Waals surface area contributed by atoms with Gasteiger partial charge < -0.3 is 19.3 Å². The number of ether oxygens (including phenoxy) is 3. The van der Waals surface area contributed by atoms with E-state index in [1.165, 1.54) is 5.57 Å². The summed E-state index contributed by atoms with van der Waals surface area (Å²) in [5.74, 6) is 1.38. The average molecular weight is 331 g/mol. The second kappa shape index (κ2) is 5.76. The maximum absolute atomic E-state index is 10.7. The molecule has 1 aromatic carbocycles. The quantitative estimate of drug-likeness (QED) is 0.862. The van der Waals surface area contributed by atoms with Crippen molar-refractivity contribution in [1.82, 2.24) is 4.90 Å². The molecule has 4 rings (SSSR count). The van der Waals surface area contributed by atoms with Crippen LogP contribution in [0.5, 0.6) is 11.5 Å². The summed E-state index contributed by atoms with van der Waals surface area (Å²) in [5, 5.41) is 10.7. The van der Waals surface area contributed by atoms with Crippen molar-refractivity contribution in [3.05, 3.63) is 34.9 Å². The van der Waals surface area contributed by atoms with Gasteiger partial charge in [0.25, 0.3) is 0 Å². The summed E-state index contributed by atoms with van der Waals surface area (Å²) < 4.78 is 16.7. The molecule has 1 saturated carbocycles. The van der Waals surface area contributed by atoms with Gasteiger partial charge in [-0.15, -0.1) is 0 Å². The van der Waals surface area contributed by atoms with Crippen LogP contribution in [0.3, 0.4) is 0 Å². The number of aliphatic hydroxyl groups excluding tert-OH is 1. The van der Waals surface area contributed by atoms with Gasteiger partial charge in [0.1, 0.15) is 0 Å². The molecule has 1 N–H and O–H groups in total. The van der Waals surface area contributed by atoms with Crippen LogP contribution in [0, 0.1) is 0 Å². The van der Waals surface area contributed by atoms with Crippen molar-refractivity contribution < 1.29 is 19.3 Å². The predicted octanol–water partition coefficient (Wildman–Crippen LogP) is 2.39. The van der Waals surface area contributed by atoms with E-state index in [1.54, 1.807) is 21.3 Å². The van der Waals surface area contributed by atoms with Gasteiger partial charge in [-0.05, 0) is 41.7 Å². The third kappa shape index (κ3) is 2.05. The SMILES string of the molecule is COc1cc2c(cc1OC)[C@]13C[C@@H](OC)CCC1=CCN3C[C@H]2O. The summed E-state index contributed by atoms with van der Waals surface area (Å²) >= 11 is 0. The van der Waals surface area contributed by atoms with Crippen LogP contribution < -0.4 is 9.47 Å². The Labute approximate surface area is 142 Å². The van der Waals surface area contributed by atoms with Crippen molar-refractivity contribution in [1.29, 1.82) is 0 Å². The van der Waals surface area contributed by atoms with Gasteiger partial charge in [0.2, 0.25) is 0 Å². The number of rotatable bonds is 3. The van der Waals surface area contributed by atoms with Crippen molar-refractivity contribution in [2.45, 2.75) is 37.0 Å². The molecule has 1 aromatic rings. The van der Waals surface area contributed by atoms with E-state index in [0.29, 0.717) is 18.0 Å². The largest absolute Gasteiger partial charge is 0.493 e. The highest BCUT2D eigenvalue weighted by atomic mass is 16.5. The highest BCUT2D eigenvalue weighted by Gasteiger charge is 2.53. The Morgan fingerprint density at radius 1 is 1.17 bits per heavy atom. The first-order valence-electron chi connectivity index (χ1n) is 8.56. The van der Waals surface area contributed by atoms with Crippen LogP contribution in [0.4, 0.5) is 0 Å². The standard InChI is InChI=1S/C19H25NO4/c1-22-13-5-4-12-6-7-20-11-16(21)14-8-17(23-2)18(24-3)9-15(14)19(12,20)10-13/h6,8-9,13,16,21H,4-5,7,10-11H2,1-3H3/t13-,16+,19-/m0/s1. The molecule has 0 amide bonds. The van der Waals surface area contributed by atoms with E-state index in [-0.39, 0.29) is 11.6 Å². The van der Waals surface area contributed by atoms with Gasteiger partial charge in [0.15, 0.2) is 11.5 Å². The fraction of sp³-hybridized carbons (Fsp3) is 0.579. The van der Waals surface area contributed by atoms with Crippen LogP contribution in [-0.4, -0.2) is 50.5 Å². The van der Waals surface area contributed by atoms with Crippen LogP contribution >= 0.6 is 0 Å². The highest BCUT2D eigenvalue weighted by Crippen LogP contribution is 2.55. The number of hydrogen-bond acceptors (Lipinski definition) is 5. The molecule has 3 aliphatic rings. The summed E-state index contributed by atoms with van der Waals surface area (Å²) in [6.07, 6.45) is 5.08. The molecule has 24 heavy (non-hydrogen) atoms. The Kier molecular flexibility index (Phi) is 3.82. The van der Waals surface area contributed by atoms with Crippen molar-refractivity contribution >= 4 is 0 Å². The third-order valence-electron chi connectivity index (χ3n) is 5.97. The number of benzene rings is 1. The molecule has 0 bridgehead atoms. The first-order chi connectivity index (χ1) is 11.6. The van der Waals surface area contributed by atoms with E-state index < -0.39 is 6.10 Å². The van der Waals surface area contributed by atoms with E-state index >= 15 is 0 Å². The molecule has 130 valence electrons. The lowest BCUT2D eigenvalue weighted by Crippen LogP contribution is -2.53. The van der Waals surface area contributed by atoms with Crippen molar-refractivity contribution in [3.8, 4) is 11.5 Å². The third-order valence-corrected chi connectivity index (χ3v) is 5.97. The summed E-state index contributed by atoms with van der Waals surface area (Å²) in [7, 11) is 5.08.